The number of aliphatic hydroxyl groups is 1. The van der Waals surface area contributed by atoms with E-state index in [1.165, 1.54) is 12.3 Å². The Morgan fingerprint density at radius 2 is 2.06 bits per heavy atom. The molecule has 0 aliphatic carbocycles. The van der Waals surface area contributed by atoms with Crippen molar-refractivity contribution in [2.24, 2.45) is 0 Å². The normalized spacial score (nSPS) is 19.2. The molecule has 0 amide bonds. The van der Waals surface area contributed by atoms with Gasteiger partial charge >= 0.3 is 0 Å². The zero-order chi connectivity index (χ0) is 13.2. The maximum Gasteiger partial charge on any atom is 0.254 e. The number of hydrogen-bond donors (Lipinski definition) is 3. The number of rotatable bonds is 4. The number of likely N-dealkylation sites (N-methyl/N-ethyl adjacent to an activating group) is 1. The smallest absolute Gasteiger partial charge is 0.254 e. The number of aromatic nitrogens is 1. The number of nitrogens with one attached hydrogen (secondary N) is 2. The summed E-state index contributed by atoms with van der Waals surface area (Å²) in [5.41, 5.74) is 0.480. The van der Waals surface area contributed by atoms with E-state index in [1.54, 1.807) is 5.01 Å². The fourth-order valence-electron chi connectivity index (χ4n) is 1.79. The summed E-state index contributed by atoms with van der Waals surface area (Å²) in [5, 5.41) is 10.6. The number of aliphatic hydroxyl groups excluding tert-OH is 1. The summed E-state index contributed by atoms with van der Waals surface area (Å²) in [4.78, 5) is 7.54. The molecule has 102 valence electrons. The van der Waals surface area contributed by atoms with Gasteiger partial charge in [0.15, 0.2) is 0 Å². The van der Waals surface area contributed by atoms with Crippen LogP contribution in [-0.4, -0.2) is 61.6 Å². The average molecular weight is 274 g/mol. The van der Waals surface area contributed by atoms with E-state index in [-0.39, 0.29) is 11.5 Å². The van der Waals surface area contributed by atoms with Crippen LogP contribution in [0.2, 0.25) is 0 Å². The molecule has 0 unspecified atom stereocenters. The first-order valence-electron chi connectivity index (χ1n) is 5.75. The SMILES string of the molecule is CN1CCN(NS(=O)(=O)c2c[nH]c(CO)c2)CC1. The Morgan fingerprint density at radius 1 is 1.39 bits per heavy atom. The van der Waals surface area contributed by atoms with Crippen molar-refractivity contribution in [3.63, 3.8) is 0 Å². The van der Waals surface area contributed by atoms with Crippen LogP contribution < -0.4 is 4.83 Å². The lowest BCUT2D eigenvalue weighted by Crippen LogP contribution is -2.52. The molecule has 0 bridgehead atoms. The van der Waals surface area contributed by atoms with E-state index in [0.29, 0.717) is 18.8 Å². The Balaban J connectivity index is 2.03. The zero-order valence-electron chi connectivity index (χ0n) is 10.3. The second-order valence-corrected chi connectivity index (χ2v) is 6.06. The highest BCUT2D eigenvalue weighted by Crippen LogP contribution is 2.11. The van der Waals surface area contributed by atoms with Crippen molar-refractivity contribution in [1.82, 2.24) is 19.7 Å². The summed E-state index contributed by atoms with van der Waals surface area (Å²) in [7, 11) is -1.55. The Bertz CT molecular complexity index is 491. The second kappa shape index (κ2) is 5.37. The number of sulfonamides is 1. The van der Waals surface area contributed by atoms with Crippen molar-refractivity contribution in [3.05, 3.63) is 18.0 Å². The first-order valence-corrected chi connectivity index (χ1v) is 7.23. The summed E-state index contributed by atoms with van der Waals surface area (Å²) >= 11 is 0. The predicted octanol–water partition coefficient (Wildman–Crippen LogP) is -1.05. The number of piperazine rings is 1. The minimum Gasteiger partial charge on any atom is -0.390 e. The largest absolute Gasteiger partial charge is 0.390 e. The molecular weight excluding hydrogens is 256 g/mol. The molecule has 1 fully saturated rings. The van der Waals surface area contributed by atoms with E-state index in [1.807, 2.05) is 7.05 Å². The molecule has 0 aromatic carbocycles. The third kappa shape index (κ3) is 3.09. The summed E-state index contributed by atoms with van der Waals surface area (Å²) in [6.45, 7) is 2.78. The first kappa shape index (κ1) is 13.5. The zero-order valence-corrected chi connectivity index (χ0v) is 11.1. The van der Waals surface area contributed by atoms with Crippen LogP contribution in [0, 0.1) is 0 Å². The van der Waals surface area contributed by atoms with E-state index in [0.717, 1.165) is 13.1 Å². The maximum atomic E-state index is 12.0. The summed E-state index contributed by atoms with van der Waals surface area (Å²) in [6, 6.07) is 1.43. The number of aromatic amines is 1. The molecule has 2 rings (SSSR count). The van der Waals surface area contributed by atoms with Crippen molar-refractivity contribution >= 4 is 10.0 Å². The molecule has 1 saturated heterocycles. The van der Waals surface area contributed by atoms with Gasteiger partial charge < -0.3 is 15.0 Å². The lowest BCUT2D eigenvalue weighted by molar-refractivity contribution is 0.135. The van der Waals surface area contributed by atoms with Gasteiger partial charge in [0.1, 0.15) is 4.90 Å². The van der Waals surface area contributed by atoms with Gasteiger partial charge in [-0.1, -0.05) is 0 Å². The highest BCUT2D eigenvalue weighted by molar-refractivity contribution is 7.89. The van der Waals surface area contributed by atoms with Crippen LogP contribution in [0.1, 0.15) is 5.69 Å². The molecule has 0 radical (unpaired) electrons. The Labute approximate surface area is 106 Å². The quantitative estimate of drug-likeness (QED) is 0.652. The third-order valence-corrected chi connectivity index (χ3v) is 4.30. The van der Waals surface area contributed by atoms with Crippen LogP contribution in [0.5, 0.6) is 0 Å². The van der Waals surface area contributed by atoms with Crippen LogP contribution in [0.15, 0.2) is 17.2 Å². The van der Waals surface area contributed by atoms with Gasteiger partial charge in [-0.3, -0.25) is 0 Å². The average Bonchev–Trinajstić information content (AvgIpc) is 2.81. The van der Waals surface area contributed by atoms with Gasteiger partial charge in [-0.2, -0.15) is 0 Å². The fraction of sp³-hybridized carbons (Fsp3) is 0.600. The molecule has 2 heterocycles. The minimum atomic E-state index is -3.55. The van der Waals surface area contributed by atoms with Gasteiger partial charge in [0.25, 0.3) is 10.0 Å². The van der Waals surface area contributed by atoms with Crippen LogP contribution in [0.3, 0.4) is 0 Å². The van der Waals surface area contributed by atoms with E-state index >= 15 is 0 Å². The minimum absolute atomic E-state index is 0.144. The maximum absolute atomic E-state index is 12.0. The molecule has 1 aromatic rings. The standard InChI is InChI=1S/C10H18N4O3S/c1-13-2-4-14(5-3-13)12-18(16,17)10-6-9(8-15)11-7-10/h6-7,11-12,15H,2-5,8H2,1H3. The van der Waals surface area contributed by atoms with Crippen LogP contribution >= 0.6 is 0 Å². The third-order valence-electron chi connectivity index (χ3n) is 2.95. The molecule has 18 heavy (non-hydrogen) atoms. The monoisotopic (exact) mass is 274 g/mol. The van der Waals surface area contributed by atoms with Crippen molar-refractivity contribution < 1.29 is 13.5 Å². The van der Waals surface area contributed by atoms with Crippen molar-refractivity contribution in [2.45, 2.75) is 11.5 Å². The van der Waals surface area contributed by atoms with Gasteiger partial charge in [0.05, 0.1) is 6.61 Å². The van der Waals surface area contributed by atoms with Crippen LogP contribution in [-0.2, 0) is 16.6 Å². The van der Waals surface area contributed by atoms with Gasteiger partial charge in [-0.25, -0.2) is 13.4 Å². The van der Waals surface area contributed by atoms with E-state index in [4.69, 9.17) is 5.11 Å². The summed E-state index contributed by atoms with van der Waals surface area (Å²) in [5.74, 6) is 0. The van der Waals surface area contributed by atoms with Gasteiger partial charge in [0.2, 0.25) is 0 Å². The molecular formula is C10H18N4O3S. The highest BCUT2D eigenvalue weighted by atomic mass is 32.2. The Morgan fingerprint density at radius 3 is 2.61 bits per heavy atom. The number of hydrazine groups is 1. The van der Waals surface area contributed by atoms with Gasteiger partial charge in [0, 0.05) is 38.1 Å². The van der Waals surface area contributed by atoms with Crippen LogP contribution in [0.4, 0.5) is 0 Å². The van der Waals surface area contributed by atoms with E-state index in [9.17, 15) is 8.42 Å². The molecule has 1 aliphatic heterocycles. The van der Waals surface area contributed by atoms with Gasteiger partial charge in [-0.15, -0.1) is 4.83 Å². The predicted molar refractivity (Wildman–Crippen MR) is 66.1 cm³/mol. The lowest BCUT2D eigenvalue weighted by atomic mass is 10.4. The van der Waals surface area contributed by atoms with Crippen LogP contribution in [0.25, 0.3) is 0 Å². The summed E-state index contributed by atoms with van der Waals surface area (Å²) in [6.07, 6.45) is 1.38. The van der Waals surface area contributed by atoms with Gasteiger partial charge in [-0.05, 0) is 13.1 Å². The number of hydrogen-bond acceptors (Lipinski definition) is 5. The molecule has 7 nitrogen and oxygen atoms in total. The first-order chi connectivity index (χ1) is 8.51. The van der Waals surface area contributed by atoms with Crippen molar-refractivity contribution in [2.75, 3.05) is 33.2 Å². The van der Waals surface area contributed by atoms with E-state index < -0.39 is 10.0 Å². The van der Waals surface area contributed by atoms with Crippen molar-refractivity contribution in [1.29, 1.82) is 0 Å². The topological polar surface area (TPSA) is 88.7 Å². The van der Waals surface area contributed by atoms with Crippen molar-refractivity contribution in [3.8, 4) is 0 Å². The number of H-pyrrole nitrogens is 1. The Hall–Kier alpha value is -0.930. The molecule has 8 heteroatoms. The second-order valence-electron chi connectivity index (χ2n) is 4.40. The molecule has 1 aliphatic rings. The molecule has 1 aromatic heterocycles. The number of nitrogens with zero attached hydrogens (tertiary/aromatic N) is 2. The molecule has 0 saturated carbocycles. The molecule has 3 N–H and O–H groups in total. The summed E-state index contributed by atoms with van der Waals surface area (Å²) < 4.78 is 24.1. The van der Waals surface area contributed by atoms with E-state index in [2.05, 4.69) is 14.7 Å². The lowest BCUT2D eigenvalue weighted by Gasteiger charge is -2.31. The highest BCUT2D eigenvalue weighted by Gasteiger charge is 2.22. The molecule has 0 spiro atoms. The Kier molecular flexibility index (Phi) is 4.03. The fourth-order valence-corrected chi connectivity index (χ4v) is 2.93. The molecule has 0 atom stereocenters.